The smallest absolute Gasteiger partial charge is 0.119 e. The van der Waals surface area contributed by atoms with E-state index in [1.807, 2.05) is 24.3 Å². The third kappa shape index (κ3) is 4.23. The zero-order chi connectivity index (χ0) is 22.6. The Bertz CT molecular complexity index is 1240. The topological polar surface area (TPSA) is 58.9 Å². The summed E-state index contributed by atoms with van der Waals surface area (Å²) < 4.78 is 11.1. The average Bonchev–Trinajstić information content (AvgIpc) is 3.25. The van der Waals surface area contributed by atoms with Crippen LogP contribution in [-0.2, 0) is 6.42 Å². The number of rotatable bonds is 8. The van der Waals surface area contributed by atoms with Crippen LogP contribution in [0.25, 0.3) is 33.4 Å². The second kappa shape index (κ2) is 9.49. The van der Waals surface area contributed by atoms with Gasteiger partial charge in [-0.05, 0) is 75.2 Å². The number of ether oxygens (including phenoxy) is 2. The third-order valence-corrected chi connectivity index (χ3v) is 6.02. The van der Waals surface area contributed by atoms with Gasteiger partial charge in [0.1, 0.15) is 24.7 Å². The molecule has 4 aromatic rings. The second-order valence-electron chi connectivity index (χ2n) is 8.04. The van der Waals surface area contributed by atoms with Crippen molar-refractivity contribution in [2.45, 2.75) is 6.42 Å². The van der Waals surface area contributed by atoms with Crippen molar-refractivity contribution in [2.75, 3.05) is 26.4 Å². The first-order chi connectivity index (χ1) is 16.3. The molecule has 0 aliphatic heterocycles. The highest BCUT2D eigenvalue weighted by molar-refractivity contribution is 5.93. The summed E-state index contributed by atoms with van der Waals surface area (Å²) in [5, 5.41) is 18.0. The summed E-state index contributed by atoms with van der Waals surface area (Å²) >= 11 is 0. The Morgan fingerprint density at radius 3 is 1.79 bits per heavy atom. The van der Waals surface area contributed by atoms with Gasteiger partial charge < -0.3 is 19.7 Å². The Hall–Kier alpha value is -3.60. The lowest BCUT2D eigenvalue weighted by Gasteiger charge is -2.17. The number of fused-ring (bicyclic) bond motifs is 3. The van der Waals surface area contributed by atoms with E-state index in [0.717, 1.165) is 29.0 Å². The van der Waals surface area contributed by atoms with Crippen molar-refractivity contribution < 1.29 is 19.7 Å². The highest BCUT2D eigenvalue weighted by Crippen LogP contribution is 2.46. The minimum Gasteiger partial charge on any atom is -0.491 e. The molecule has 0 amide bonds. The van der Waals surface area contributed by atoms with Crippen molar-refractivity contribution in [2.24, 2.45) is 0 Å². The molecule has 2 N–H and O–H groups in total. The monoisotopic (exact) mass is 438 g/mol. The standard InChI is InChI=1S/C29H26O4/c30-15-17-32-23-9-5-20(6-10-23)26-13-14-27-25-4-2-1-3-22(25)19-28(27)29(26)21-7-11-24(12-8-21)33-18-16-31/h1-14,30-31H,15-19H2. The Balaban J connectivity index is 1.60. The van der Waals surface area contributed by atoms with E-state index in [1.54, 1.807) is 0 Å². The number of hydrogen-bond acceptors (Lipinski definition) is 4. The summed E-state index contributed by atoms with van der Waals surface area (Å²) in [6.07, 6.45) is 0.898. The zero-order valence-corrected chi connectivity index (χ0v) is 18.3. The first-order valence-electron chi connectivity index (χ1n) is 11.2. The van der Waals surface area contributed by atoms with Crippen LogP contribution in [0.2, 0.25) is 0 Å². The molecule has 4 heteroatoms. The largest absolute Gasteiger partial charge is 0.491 e. The first kappa shape index (κ1) is 21.3. The fraction of sp³-hybridized carbons (Fsp3) is 0.172. The molecule has 0 aromatic heterocycles. The molecule has 4 nitrogen and oxygen atoms in total. The van der Waals surface area contributed by atoms with Crippen molar-refractivity contribution in [3.8, 4) is 44.9 Å². The molecule has 0 atom stereocenters. The Labute approximate surface area is 193 Å². The Kier molecular flexibility index (Phi) is 6.11. The van der Waals surface area contributed by atoms with Crippen molar-refractivity contribution in [1.29, 1.82) is 0 Å². The van der Waals surface area contributed by atoms with Crippen molar-refractivity contribution in [3.63, 3.8) is 0 Å². The number of hydrogen-bond donors (Lipinski definition) is 2. The van der Waals surface area contributed by atoms with Crippen molar-refractivity contribution in [3.05, 3.63) is 96.1 Å². The van der Waals surface area contributed by atoms with Gasteiger partial charge in [0.2, 0.25) is 0 Å². The predicted molar refractivity (Wildman–Crippen MR) is 131 cm³/mol. The first-order valence-corrected chi connectivity index (χ1v) is 11.2. The van der Waals surface area contributed by atoms with Crippen LogP contribution in [0.15, 0.2) is 84.9 Å². The molecule has 0 unspecified atom stereocenters. The molecule has 1 aliphatic carbocycles. The summed E-state index contributed by atoms with van der Waals surface area (Å²) in [5.74, 6) is 1.49. The lowest BCUT2D eigenvalue weighted by molar-refractivity contribution is 0.201. The van der Waals surface area contributed by atoms with Crippen LogP contribution in [-0.4, -0.2) is 36.6 Å². The summed E-state index contributed by atoms with van der Waals surface area (Å²) in [4.78, 5) is 0. The molecule has 0 spiro atoms. The molecule has 0 heterocycles. The SMILES string of the molecule is OCCOc1ccc(-c2ccc3c(c2-c2ccc(OCCO)cc2)Cc2ccccc2-3)cc1. The van der Waals surface area contributed by atoms with Crippen LogP contribution in [0.1, 0.15) is 11.1 Å². The molecule has 1 aliphatic rings. The minimum absolute atomic E-state index is 0.00467. The van der Waals surface area contributed by atoms with Gasteiger partial charge in [0.25, 0.3) is 0 Å². The minimum atomic E-state index is -0.00559. The summed E-state index contributed by atoms with van der Waals surface area (Å²) in [5.41, 5.74) is 9.90. The molecule has 5 rings (SSSR count). The van der Waals surface area contributed by atoms with Gasteiger partial charge in [-0.2, -0.15) is 0 Å². The fourth-order valence-corrected chi connectivity index (χ4v) is 4.56. The Morgan fingerprint density at radius 1 is 0.576 bits per heavy atom. The van der Waals surface area contributed by atoms with Gasteiger partial charge in [0, 0.05) is 0 Å². The summed E-state index contributed by atoms with van der Waals surface area (Å²) in [7, 11) is 0. The van der Waals surface area contributed by atoms with E-state index in [2.05, 4.69) is 60.7 Å². The summed E-state index contributed by atoms with van der Waals surface area (Å²) in [6.45, 7) is 0.557. The van der Waals surface area contributed by atoms with Crippen LogP contribution < -0.4 is 9.47 Å². The molecule has 0 saturated heterocycles. The predicted octanol–water partition coefficient (Wildman–Crippen LogP) is 5.33. The highest BCUT2D eigenvalue weighted by Gasteiger charge is 2.24. The molecule has 0 radical (unpaired) electrons. The molecule has 33 heavy (non-hydrogen) atoms. The molecule has 166 valence electrons. The van der Waals surface area contributed by atoms with E-state index in [-0.39, 0.29) is 26.4 Å². The maximum absolute atomic E-state index is 9.04. The molecule has 4 aromatic carbocycles. The molecular formula is C29H26O4. The van der Waals surface area contributed by atoms with Crippen molar-refractivity contribution >= 4 is 0 Å². The Morgan fingerprint density at radius 2 is 1.15 bits per heavy atom. The molecule has 0 fully saturated rings. The van der Waals surface area contributed by atoms with Crippen molar-refractivity contribution in [1.82, 2.24) is 0 Å². The normalized spacial score (nSPS) is 11.7. The van der Waals surface area contributed by atoms with E-state index in [1.165, 1.54) is 33.4 Å². The maximum Gasteiger partial charge on any atom is 0.119 e. The van der Waals surface area contributed by atoms with Crippen LogP contribution in [0.4, 0.5) is 0 Å². The van der Waals surface area contributed by atoms with E-state index in [9.17, 15) is 0 Å². The van der Waals surface area contributed by atoms with Crippen LogP contribution >= 0.6 is 0 Å². The lowest BCUT2D eigenvalue weighted by Crippen LogP contribution is -2.01. The van der Waals surface area contributed by atoms with Gasteiger partial charge in [-0.15, -0.1) is 0 Å². The zero-order valence-electron chi connectivity index (χ0n) is 18.3. The van der Waals surface area contributed by atoms with Gasteiger partial charge in [-0.1, -0.05) is 60.7 Å². The highest BCUT2D eigenvalue weighted by atomic mass is 16.5. The summed E-state index contributed by atoms with van der Waals surface area (Å²) in [6, 6.07) is 29.2. The molecule has 0 saturated carbocycles. The van der Waals surface area contributed by atoms with Gasteiger partial charge in [0.05, 0.1) is 13.2 Å². The van der Waals surface area contributed by atoms with E-state index >= 15 is 0 Å². The van der Waals surface area contributed by atoms with E-state index < -0.39 is 0 Å². The van der Waals surface area contributed by atoms with Crippen LogP contribution in [0.3, 0.4) is 0 Å². The van der Waals surface area contributed by atoms with E-state index in [0.29, 0.717) is 0 Å². The lowest BCUT2D eigenvalue weighted by atomic mass is 9.88. The van der Waals surface area contributed by atoms with Gasteiger partial charge in [0.15, 0.2) is 0 Å². The molecule has 0 bridgehead atoms. The van der Waals surface area contributed by atoms with Crippen LogP contribution in [0, 0.1) is 0 Å². The third-order valence-electron chi connectivity index (χ3n) is 6.02. The average molecular weight is 439 g/mol. The van der Waals surface area contributed by atoms with E-state index in [4.69, 9.17) is 19.7 Å². The van der Waals surface area contributed by atoms with Gasteiger partial charge in [-0.25, -0.2) is 0 Å². The fourth-order valence-electron chi connectivity index (χ4n) is 4.56. The van der Waals surface area contributed by atoms with Crippen LogP contribution in [0.5, 0.6) is 11.5 Å². The number of aliphatic hydroxyl groups excluding tert-OH is 2. The molecular weight excluding hydrogens is 412 g/mol. The van der Waals surface area contributed by atoms with Gasteiger partial charge in [-0.3, -0.25) is 0 Å². The number of aliphatic hydroxyl groups is 2. The quantitative estimate of drug-likeness (QED) is 0.344. The van der Waals surface area contributed by atoms with Gasteiger partial charge >= 0.3 is 0 Å². The number of benzene rings is 4. The second-order valence-corrected chi connectivity index (χ2v) is 8.04. The maximum atomic E-state index is 9.04.